The molecule has 0 fully saturated rings. The first-order valence-electron chi connectivity index (χ1n) is 13.7. The molecule has 0 saturated carbocycles. The summed E-state index contributed by atoms with van der Waals surface area (Å²) in [5.74, 6) is -0.582. The van der Waals surface area contributed by atoms with Crippen LogP contribution in [0.5, 0.6) is 0 Å². The lowest BCUT2D eigenvalue weighted by atomic mass is 9.89. The number of nitrogens with one attached hydrogen (secondary N) is 1. The van der Waals surface area contributed by atoms with Gasteiger partial charge in [0.05, 0.1) is 5.52 Å². The van der Waals surface area contributed by atoms with Crippen LogP contribution in [-0.2, 0) is 29.0 Å². The third kappa shape index (κ3) is 5.85. The van der Waals surface area contributed by atoms with Crippen molar-refractivity contribution in [3.63, 3.8) is 0 Å². The maximum absolute atomic E-state index is 14.3. The summed E-state index contributed by atoms with van der Waals surface area (Å²) in [4.78, 5) is 29.8. The summed E-state index contributed by atoms with van der Waals surface area (Å²) in [6, 6.07) is 18.3. The maximum Gasteiger partial charge on any atom is 0.249 e. The molecular formula is C31H34FN5O2. The van der Waals surface area contributed by atoms with Gasteiger partial charge in [-0.2, -0.15) is 0 Å². The molecule has 39 heavy (non-hydrogen) atoms. The molecule has 8 heteroatoms. The molecule has 1 atom stereocenters. The van der Waals surface area contributed by atoms with Gasteiger partial charge < -0.3 is 5.32 Å². The zero-order chi connectivity index (χ0) is 27.4. The Labute approximate surface area is 228 Å². The number of aromatic nitrogens is 3. The molecule has 0 unspecified atom stereocenters. The Hall–Kier alpha value is -4.07. The SMILES string of the molecule is CC(C)CCNC(=O)[C@@H](c1ccc(F)cc1)N(C(=O)Cn1nnc2ccccc21)c1cccc2c1CCCC2. The predicted molar refractivity (Wildman–Crippen MR) is 150 cm³/mol. The number of carbonyl (C=O) groups excluding carboxylic acids is 2. The van der Waals surface area contributed by atoms with Gasteiger partial charge in [0.1, 0.15) is 23.9 Å². The lowest BCUT2D eigenvalue weighted by Crippen LogP contribution is -2.46. The monoisotopic (exact) mass is 527 g/mol. The van der Waals surface area contributed by atoms with Gasteiger partial charge in [0.15, 0.2) is 0 Å². The van der Waals surface area contributed by atoms with E-state index in [0.29, 0.717) is 23.5 Å². The molecule has 3 aromatic carbocycles. The first-order valence-corrected chi connectivity index (χ1v) is 13.7. The number of carbonyl (C=O) groups is 2. The van der Waals surface area contributed by atoms with E-state index >= 15 is 0 Å². The molecular weight excluding hydrogens is 493 g/mol. The van der Waals surface area contributed by atoms with E-state index in [1.54, 1.807) is 21.7 Å². The van der Waals surface area contributed by atoms with Crippen LogP contribution in [0.15, 0.2) is 66.7 Å². The lowest BCUT2D eigenvalue weighted by Gasteiger charge is -2.34. The minimum Gasteiger partial charge on any atom is -0.354 e. The summed E-state index contributed by atoms with van der Waals surface area (Å²) in [6.07, 6.45) is 4.67. The van der Waals surface area contributed by atoms with E-state index in [2.05, 4.69) is 35.5 Å². The van der Waals surface area contributed by atoms with Crippen LogP contribution < -0.4 is 10.2 Å². The van der Waals surface area contributed by atoms with Gasteiger partial charge in [-0.1, -0.05) is 55.5 Å². The number of aryl methyl sites for hydroxylation is 1. The summed E-state index contributed by atoms with van der Waals surface area (Å²) in [7, 11) is 0. The molecule has 1 aromatic heterocycles. The quantitative estimate of drug-likeness (QED) is 0.317. The van der Waals surface area contributed by atoms with E-state index in [1.165, 1.54) is 17.7 Å². The highest BCUT2D eigenvalue weighted by atomic mass is 19.1. The van der Waals surface area contributed by atoms with Crippen LogP contribution in [0.3, 0.4) is 0 Å². The number of rotatable bonds is 9. The van der Waals surface area contributed by atoms with Crippen LogP contribution in [-0.4, -0.2) is 33.4 Å². The minimum absolute atomic E-state index is 0.0961. The Morgan fingerprint density at radius 3 is 2.56 bits per heavy atom. The molecule has 202 valence electrons. The fourth-order valence-electron chi connectivity index (χ4n) is 5.29. The van der Waals surface area contributed by atoms with E-state index in [-0.39, 0.29) is 18.4 Å². The van der Waals surface area contributed by atoms with Crippen LogP contribution in [0.1, 0.15) is 55.8 Å². The number of benzene rings is 3. The normalized spacial score (nSPS) is 13.7. The molecule has 1 N–H and O–H groups in total. The van der Waals surface area contributed by atoms with Crippen molar-refractivity contribution in [2.24, 2.45) is 5.92 Å². The second-order valence-electron chi connectivity index (χ2n) is 10.5. The number of amides is 2. The van der Waals surface area contributed by atoms with Crippen molar-refractivity contribution in [2.75, 3.05) is 11.4 Å². The van der Waals surface area contributed by atoms with Gasteiger partial charge in [-0.3, -0.25) is 14.5 Å². The molecule has 4 aromatic rings. The lowest BCUT2D eigenvalue weighted by molar-refractivity contribution is -0.127. The average molecular weight is 528 g/mol. The molecule has 0 bridgehead atoms. The van der Waals surface area contributed by atoms with Gasteiger partial charge in [0, 0.05) is 12.2 Å². The van der Waals surface area contributed by atoms with Crippen molar-refractivity contribution in [1.82, 2.24) is 20.3 Å². The molecule has 0 saturated heterocycles. The third-order valence-electron chi connectivity index (χ3n) is 7.32. The van der Waals surface area contributed by atoms with Gasteiger partial charge in [-0.15, -0.1) is 5.10 Å². The van der Waals surface area contributed by atoms with Crippen molar-refractivity contribution in [1.29, 1.82) is 0 Å². The summed E-state index contributed by atoms with van der Waals surface area (Å²) in [5, 5.41) is 11.5. The molecule has 0 radical (unpaired) electrons. The number of nitrogens with zero attached hydrogens (tertiary/aromatic N) is 4. The van der Waals surface area contributed by atoms with Crippen LogP contribution in [0.4, 0.5) is 10.1 Å². The number of anilines is 1. The second kappa shape index (κ2) is 11.8. The van der Waals surface area contributed by atoms with Crippen molar-refractivity contribution in [2.45, 2.75) is 58.5 Å². The zero-order valence-corrected chi connectivity index (χ0v) is 22.4. The molecule has 5 rings (SSSR count). The predicted octanol–water partition coefficient (Wildman–Crippen LogP) is 5.39. The number of hydrogen-bond acceptors (Lipinski definition) is 4. The summed E-state index contributed by atoms with van der Waals surface area (Å²) < 4.78 is 15.5. The van der Waals surface area contributed by atoms with Crippen molar-refractivity contribution >= 4 is 28.5 Å². The number of hydrogen-bond donors (Lipinski definition) is 1. The van der Waals surface area contributed by atoms with E-state index in [0.717, 1.165) is 48.9 Å². The smallest absolute Gasteiger partial charge is 0.249 e. The standard InChI is InChI=1S/C31H34FN5O2/c1-21(2)18-19-33-31(39)30(23-14-16-24(32)17-15-23)37(27-13-7-9-22-8-3-4-10-25(22)27)29(38)20-36-28-12-6-5-11-26(28)34-35-36/h5-7,9,11-17,21,30H,3-4,8,10,18-20H2,1-2H3,(H,33,39)/t30-/m1/s1. The van der Waals surface area contributed by atoms with Gasteiger partial charge in [-0.05, 0) is 85.0 Å². The van der Waals surface area contributed by atoms with Gasteiger partial charge in [0.25, 0.3) is 0 Å². The number of fused-ring (bicyclic) bond motifs is 2. The van der Waals surface area contributed by atoms with Crippen LogP contribution in [0.2, 0.25) is 0 Å². The Morgan fingerprint density at radius 2 is 1.77 bits per heavy atom. The first-order chi connectivity index (χ1) is 18.9. The van der Waals surface area contributed by atoms with Gasteiger partial charge in [-0.25, -0.2) is 9.07 Å². The average Bonchev–Trinajstić information content (AvgIpc) is 3.34. The zero-order valence-electron chi connectivity index (χ0n) is 22.4. The van der Waals surface area contributed by atoms with Crippen molar-refractivity contribution < 1.29 is 14.0 Å². The Kier molecular flexibility index (Phi) is 8.00. The maximum atomic E-state index is 14.3. The van der Waals surface area contributed by atoms with E-state index in [1.807, 2.05) is 36.4 Å². The molecule has 1 heterocycles. The van der Waals surface area contributed by atoms with Crippen molar-refractivity contribution in [3.05, 3.63) is 89.2 Å². The molecule has 1 aliphatic carbocycles. The summed E-state index contributed by atoms with van der Waals surface area (Å²) >= 11 is 0. The Bertz CT molecular complexity index is 1460. The topological polar surface area (TPSA) is 80.1 Å². The molecule has 0 aliphatic heterocycles. The molecule has 2 amide bonds. The summed E-state index contributed by atoms with van der Waals surface area (Å²) in [5.41, 5.74) is 4.97. The van der Waals surface area contributed by atoms with E-state index in [4.69, 9.17) is 0 Å². The van der Waals surface area contributed by atoms with Crippen LogP contribution >= 0.6 is 0 Å². The third-order valence-corrected chi connectivity index (χ3v) is 7.32. The largest absolute Gasteiger partial charge is 0.354 e. The highest BCUT2D eigenvalue weighted by Gasteiger charge is 2.35. The van der Waals surface area contributed by atoms with Gasteiger partial charge >= 0.3 is 0 Å². The fraction of sp³-hybridized carbons (Fsp3) is 0.355. The fourth-order valence-corrected chi connectivity index (χ4v) is 5.29. The minimum atomic E-state index is -0.978. The Balaban J connectivity index is 1.60. The van der Waals surface area contributed by atoms with E-state index in [9.17, 15) is 14.0 Å². The van der Waals surface area contributed by atoms with Crippen molar-refractivity contribution in [3.8, 4) is 0 Å². The number of halogens is 1. The first kappa shape index (κ1) is 26.5. The highest BCUT2D eigenvalue weighted by molar-refractivity contribution is 6.02. The van der Waals surface area contributed by atoms with Crippen LogP contribution in [0, 0.1) is 11.7 Å². The van der Waals surface area contributed by atoms with E-state index < -0.39 is 11.9 Å². The van der Waals surface area contributed by atoms with Crippen LogP contribution in [0.25, 0.3) is 11.0 Å². The molecule has 7 nitrogen and oxygen atoms in total. The highest BCUT2D eigenvalue weighted by Crippen LogP contribution is 2.36. The molecule has 1 aliphatic rings. The summed E-state index contributed by atoms with van der Waals surface area (Å²) in [6.45, 7) is 4.58. The molecule has 0 spiro atoms. The Morgan fingerprint density at radius 1 is 1.00 bits per heavy atom. The van der Waals surface area contributed by atoms with Gasteiger partial charge in [0.2, 0.25) is 11.8 Å². The second-order valence-corrected chi connectivity index (χ2v) is 10.5. The number of para-hydroxylation sites is 1.